The Labute approximate surface area is 120 Å². The fourth-order valence-corrected chi connectivity index (χ4v) is 2.34. The van der Waals surface area contributed by atoms with Crippen molar-refractivity contribution in [3.63, 3.8) is 0 Å². The molecular weight excluding hydrogens is 257 g/mol. The molecule has 0 aliphatic heterocycles. The Bertz CT molecular complexity index is 404. The summed E-state index contributed by atoms with van der Waals surface area (Å²) in [5, 5.41) is 0. The maximum Gasteiger partial charge on any atom is 0.330 e. The molecule has 2 unspecified atom stereocenters. The van der Waals surface area contributed by atoms with Gasteiger partial charge in [0, 0.05) is 6.08 Å². The number of ether oxygens (including phenoxy) is 1. The highest BCUT2D eigenvalue weighted by atomic mass is 19.0. The van der Waals surface area contributed by atoms with Crippen LogP contribution in [0.5, 0.6) is 0 Å². The lowest BCUT2D eigenvalue weighted by atomic mass is 10.0. The van der Waals surface area contributed by atoms with E-state index in [1.54, 1.807) is 0 Å². The zero-order valence-electron chi connectivity index (χ0n) is 12.4. The second-order valence-corrected chi connectivity index (χ2v) is 4.42. The summed E-state index contributed by atoms with van der Waals surface area (Å²) in [5.41, 5.74) is 1.16. The number of carbonyl (C=O) groups is 1. The SMILES string of the molecule is C=CC(=O)OC(C)C(c1ccccc1)N(CC)CC.F. The van der Waals surface area contributed by atoms with E-state index in [0.717, 1.165) is 18.7 Å². The Balaban J connectivity index is 0.00000361. The molecule has 0 amide bonds. The zero-order valence-corrected chi connectivity index (χ0v) is 12.4. The minimum atomic E-state index is -0.374. The molecule has 0 aromatic heterocycles. The van der Waals surface area contributed by atoms with Gasteiger partial charge in [0.15, 0.2) is 0 Å². The van der Waals surface area contributed by atoms with E-state index >= 15 is 0 Å². The van der Waals surface area contributed by atoms with Crippen molar-refractivity contribution in [2.75, 3.05) is 13.1 Å². The quantitative estimate of drug-likeness (QED) is 0.567. The molecule has 0 saturated carbocycles. The maximum atomic E-state index is 11.4. The average molecular weight is 281 g/mol. The third-order valence-corrected chi connectivity index (χ3v) is 3.26. The molecule has 0 N–H and O–H groups in total. The predicted octanol–water partition coefficient (Wildman–Crippen LogP) is 3.34. The summed E-state index contributed by atoms with van der Waals surface area (Å²) in [6, 6.07) is 10.2. The first-order chi connectivity index (χ1) is 9.13. The Morgan fingerprint density at radius 3 is 2.30 bits per heavy atom. The number of rotatable bonds is 7. The van der Waals surface area contributed by atoms with Crippen LogP contribution in [0.1, 0.15) is 32.4 Å². The topological polar surface area (TPSA) is 29.5 Å². The summed E-state index contributed by atoms with van der Waals surface area (Å²) >= 11 is 0. The molecule has 3 nitrogen and oxygen atoms in total. The van der Waals surface area contributed by atoms with E-state index in [0.29, 0.717) is 0 Å². The van der Waals surface area contributed by atoms with Crippen molar-refractivity contribution in [1.82, 2.24) is 4.90 Å². The Morgan fingerprint density at radius 1 is 1.30 bits per heavy atom. The summed E-state index contributed by atoms with van der Waals surface area (Å²) in [6.45, 7) is 11.4. The van der Waals surface area contributed by atoms with Gasteiger partial charge in [-0.1, -0.05) is 50.8 Å². The first-order valence-corrected chi connectivity index (χ1v) is 6.76. The van der Waals surface area contributed by atoms with Crippen LogP contribution >= 0.6 is 0 Å². The summed E-state index contributed by atoms with van der Waals surface area (Å²) in [7, 11) is 0. The normalized spacial score (nSPS) is 13.2. The van der Waals surface area contributed by atoms with Gasteiger partial charge in [-0.2, -0.15) is 0 Å². The lowest BCUT2D eigenvalue weighted by Gasteiger charge is -2.34. The van der Waals surface area contributed by atoms with Gasteiger partial charge in [0.25, 0.3) is 0 Å². The van der Waals surface area contributed by atoms with Crippen LogP contribution in [0.25, 0.3) is 0 Å². The highest BCUT2D eigenvalue weighted by Crippen LogP contribution is 2.26. The number of benzene rings is 1. The van der Waals surface area contributed by atoms with Gasteiger partial charge in [0.05, 0.1) is 6.04 Å². The van der Waals surface area contributed by atoms with E-state index in [1.807, 2.05) is 25.1 Å². The van der Waals surface area contributed by atoms with Gasteiger partial charge in [0.2, 0.25) is 0 Å². The number of likely N-dealkylation sites (N-methyl/N-ethyl adjacent to an activating group) is 1. The van der Waals surface area contributed by atoms with Gasteiger partial charge in [-0.25, -0.2) is 4.79 Å². The number of carbonyl (C=O) groups excluding carboxylic acids is 1. The summed E-state index contributed by atoms with van der Waals surface area (Å²) in [4.78, 5) is 13.7. The van der Waals surface area contributed by atoms with E-state index < -0.39 is 0 Å². The van der Waals surface area contributed by atoms with Crippen molar-refractivity contribution in [3.05, 3.63) is 48.6 Å². The fraction of sp³-hybridized carbons (Fsp3) is 0.438. The number of nitrogens with zero attached hydrogens (tertiary/aromatic N) is 1. The van der Waals surface area contributed by atoms with Crippen LogP contribution < -0.4 is 0 Å². The van der Waals surface area contributed by atoms with Crippen molar-refractivity contribution in [2.24, 2.45) is 0 Å². The fourth-order valence-electron chi connectivity index (χ4n) is 2.34. The van der Waals surface area contributed by atoms with Crippen LogP contribution in [-0.4, -0.2) is 30.1 Å². The second kappa shape index (κ2) is 9.26. The van der Waals surface area contributed by atoms with E-state index in [4.69, 9.17) is 4.74 Å². The van der Waals surface area contributed by atoms with E-state index in [2.05, 4.69) is 37.5 Å². The number of esters is 1. The van der Waals surface area contributed by atoms with Gasteiger partial charge < -0.3 is 4.74 Å². The van der Waals surface area contributed by atoms with Gasteiger partial charge in [0.1, 0.15) is 6.10 Å². The largest absolute Gasteiger partial charge is 0.457 e. The highest BCUT2D eigenvalue weighted by molar-refractivity contribution is 5.81. The minimum absolute atomic E-state index is 0. The van der Waals surface area contributed by atoms with E-state index in [1.165, 1.54) is 6.08 Å². The van der Waals surface area contributed by atoms with Gasteiger partial charge in [-0.3, -0.25) is 9.60 Å². The summed E-state index contributed by atoms with van der Waals surface area (Å²) in [5.74, 6) is -0.374. The van der Waals surface area contributed by atoms with Crippen LogP contribution in [0, 0.1) is 0 Å². The van der Waals surface area contributed by atoms with Crippen molar-refractivity contribution in [1.29, 1.82) is 0 Å². The van der Waals surface area contributed by atoms with Crippen LogP contribution in [0.4, 0.5) is 4.70 Å². The van der Waals surface area contributed by atoms with Gasteiger partial charge in [-0.05, 0) is 25.6 Å². The molecule has 0 saturated heterocycles. The standard InChI is InChI=1S/C16H23NO2.FH/c1-5-15(18)19-13(4)16(17(6-2)7-3)14-11-9-8-10-12-14;/h5,8-13,16H,1,6-7H2,2-4H3;1H. The molecule has 0 heterocycles. The predicted molar refractivity (Wildman–Crippen MR) is 80.4 cm³/mol. The minimum Gasteiger partial charge on any atom is -0.457 e. The number of hydrogen-bond acceptors (Lipinski definition) is 3. The number of halogens is 1. The molecule has 0 radical (unpaired) electrons. The smallest absolute Gasteiger partial charge is 0.330 e. The molecular formula is C16H24FNO2. The molecule has 0 aliphatic rings. The molecule has 1 aromatic carbocycles. The van der Waals surface area contributed by atoms with Crippen LogP contribution in [0.15, 0.2) is 43.0 Å². The van der Waals surface area contributed by atoms with E-state index in [9.17, 15) is 4.79 Å². The van der Waals surface area contributed by atoms with Crippen molar-refractivity contribution in [3.8, 4) is 0 Å². The molecule has 0 spiro atoms. The van der Waals surface area contributed by atoms with Crippen LogP contribution in [0.2, 0.25) is 0 Å². The second-order valence-electron chi connectivity index (χ2n) is 4.42. The average Bonchev–Trinajstić information content (AvgIpc) is 2.45. The highest BCUT2D eigenvalue weighted by Gasteiger charge is 2.26. The molecule has 1 rings (SSSR count). The molecule has 20 heavy (non-hydrogen) atoms. The molecule has 0 aliphatic carbocycles. The molecule has 4 heteroatoms. The third-order valence-electron chi connectivity index (χ3n) is 3.26. The van der Waals surface area contributed by atoms with E-state index in [-0.39, 0.29) is 22.8 Å². The van der Waals surface area contributed by atoms with Crippen molar-refractivity contribution in [2.45, 2.75) is 32.9 Å². The van der Waals surface area contributed by atoms with Crippen molar-refractivity contribution < 1.29 is 14.2 Å². The monoisotopic (exact) mass is 281 g/mol. The Hall–Kier alpha value is -1.68. The van der Waals surface area contributed by atoms with Gasteiger partial charge in [-0.15, -0.1) is 0 Å². The van der Waals surface area contributed by atoms with Crippen LogP contribution in [-0.2, 0) is 9.53 Å². The molecule has 112 valence electrons. The molecule has 1 aromatic rings. The summed E-state index contributed by atoms with van der Waals surface area (Å²) < 4.78 is 5.40. The van der Waals surface area contributed by atoms with Gasteiger partial charge >= 0.3 is 5.97 Å². The lowest BCUT2D eigenvalue weighted by molar-refractivity contribution is -0.145. The maximum absolute atomic E-state index is 11.4. The molecule has 0 fully saturated rings. The summed E-state index contributed by atoms with van der Waals surface area (Å²) in [6.07, 6.45) is 0.994. The first-order valence-electron chi connectivity index (χ1n) is 6.76. The lowest BCUT2D eigenvalue weighted by Crippen LogP contribution is -2.37. The first kappa shape index (κ1) is 18.3. The number of hydrogen-bond donors (Lipinski definition) is 0. The van der Waals surface area contributed by atoms with Crippen LogP contribution in [0.3, 0.4) is 0 Å². The van der Waals surface area contributed by atoms with Crippen molar-refractivity contribution >= 4 is 5.97 Å². The zero-order chi connectivity index (χ0) is 14.3. The molecule has 2 atom stereocenters. The Morgan fingerprint density at radius 2 is 1.85 bits per heavy atom. The Kier molecular flexibility index (Phi) is 8.48. The molecule has 0 bridgehead atoms. The third kappa shape index (κ3) is 4.78.